The summed E-state index contributed by atoms with van der Waals surface area (Å²) in [5, 5.41) is 12.7. The van der Waals surface area contributed by atoms with Gasteiger partial charge in [0.25, 0.3) is 0 Å². The lowest BCUT2D eigenvalue weighted by molar-refractivity contribution is 0.0882. The third-order valence-corrected chi connectivity index (χ3v) is 4.67. The Balaban J connectivity index is 2.12. The van der Waals surface area contributed by atoms with Gasteiger partial charge in [0.2, 0.25) is 0 Å². The Morgan fingerprint density at radius 3 is 2.80 bits per heavy atom. The molecule has 0 aromatic heterocycles. The van der Waals surface area contributed by atoms with E-state index in [2.05, 4.69) is 37.3 Å². The van der Waals surface area contributed by atoms with Gasteiger partial charge >= 0.3 is 0 Å². The molecule has 0 aliphatic heterocycles. The van der Waals surface area contributed by atoms with Crippen LogP contribution in [-0.2, 0) is 0 Å². The fourth-order valence-electron chi connectivity index (χ4n) is 3.35. The van der Waals surface area contributed by atoms with Crippen LogP contribution in [0.1, 0.15) is 38.2 Å². The maximum absolute atomic E-state index is 9.17. The van der Waals surface area contributed by atoms with Crippen molar-refractivity contribution in [2.24, 2.45) is 5.92 Å². The monoisotopic (exact) mass is 271 g/mol. The first kappa shape index (κ1) is 14.9. The van der Waals surface area contributed by atoms with Crippen LogP contribution in [0.5, 0.6) is 0 Å². The number of nitrogens with one attached hydrogen (secondary N) is 1. The number of para-hydroxylation sites is 1. The molecule has 0 amide bonds. The van der Waals surface area contributed by atoms with Gasteiger partial charge in [0, 0.05) is 12.1 Å². The minimum Gasteiger partial charge on any atom is -0.382 e. The topological polar surface area (TPSA) is 39.1 Å². The highest BCUT2D eigenvalue weighted by Gasteiger charge is 2.36. The molecule has 0 spiro atoms. The second-order valence-electron chi connectivity index (χ2n) is 6.33. The minimum atomic E-state index is 0.209. The van der Waals surface area contributed by atoms with Gasteiger partial charge in [-0.2, -0.15) is 5.26 Å². The van der Waals surface area contributed by atoms with Gasteiger partial charge in [0.1, 0.15) is 6.07 Å². The van der Waals surface area contributed by atoms with E-state index in [1.807, 2.05) is 24.3 Å². The van der Waals surface area contributed by atoms with Gasteiger partial charge in [0.05, 0.1) is 11.3 Å². The Hall–Kier alpha value is -1.53. The van der Waals surface area contributed by atoms with Crippen LogP contribution in [0.3, 0.4) is 0 Å². The van der Waals surface area contributed by atoms with E-state index >= 15 is 0 Å². The largest absolute Gasteiger partial charge is 0.382 e. The molecule has 1 aliphatic carbocycles. The maximum atomic E-state index is 9.17. The first-order valence-corrected chi connectivity index (χ1v) is 7.48. The summed E-state index contributed by atoms with van der Waals surface area (Å²) < 4.78 is 0. The van der Waals surface area contributed by atoms with Crippen molar-refractivity contribution >= 4 is 5.69 Å². The van der Waals surface area contributed by atoms with Gasteiger partial charge in [-0.05, 0) is 45.0 Å². The number of hydrogen-bond donors (Lipinski definition) is 1. The van der Waals surface area contributed by atoms with Gasteiger partial charge in [-0.15, -0.1) is 0 Å². The van der Waals surface area contributed by atoms with Crippen molar-refractivity contribution < 1.29 is 0 Å². The first-order valence-electron chi connectivity index (χ1n) is 7.48. The summed E-state index contributed by atoms with van der Waals surface area (Å²) in [6.45, 7) is 3.25. The van der Waals surface area contributed by atoms with Crippen molar-refractivity contribution in [2.45, 2.75) is 38.1 Å². The minimum absolute atomic E-state index is 0.209. The lowest BCUT2D eigenvalue weighted by atomic mass is 9.75. The molecule has 1 N–H and O–H groups in total. The third-order valence-electron chi connectivity index (χ3n) is 4.67. The Bertz CT molecular complexity index is 489. The average Bonchev–Trinajstić information content (AvgIpc) is 2.45. The highest BCUT2D eigenvalue weighted by atomic mass is 15.2. The van der Waals surface area contributed by atoms with Crippen molar-refractivity contribution in [3.63, 3.8) is 0 Å². The predicted octanol–water partition coefficient (Wildman–Crippen LogP) is 3.48. The molecule has 2 atom stereocenters. The molecule has 2 rings (SSSR count). The molecule has 20 heavy (non-hydrogen) atoms. The molecular formula is C17H25N3. The number of rotatable bonds is 4. The Labute approximate surface area is 122 Å². The molecule has 1 saturated carbocycles. The zero-order valence-electron chi connectivity index (χ0n) is 12.8. The Morgan fingerprint density at radius 2 is 2.15 bits per heavy atom. The van der Waals surface area contributed by atoms with E-state index in [9.17, 15) is 5.26 Å². The number of nitriles is 1. The van der Waals surface area contributed by atoms with Gasteiger partial charge in [-0.1, -0.05) is 31.9 Å². The van der Waals surface area contributed by atoms with E-state index in [1.54, 1.807) is 0 Å². The molecule has 1 aromatic carbocycles. The van der Waals surface area contributed by atoms with Gasteiger partial charge < -0.3 is 10.2 Å². The van der Waals surface area contributed by atoms with E-state index in [0.29, 0.717) is 0 Å². The van der Waals surface area contributed by atoms with Crippen molar-refractivity contribution in [2.75, 3.05) is 26.0 Å². The summed E-state index contributed by atoms with van der Waals surface area (Å²) in [5.74, 6) is 0.777. The summed E-state index contributed by atoms with van der Waals surface area (Å²) >= 11 is 0. The number of benzene rings is 1. The van der Waals surface area contributed by atoms with Crippen LogP contribution < -0.4 is 5.32 Å². The summed E-state index contributed by atoms with van der Waals surface area (Å²) in [7, 11) is 4.35. The molecule has 2 unspecified atom stereocenters. The summed E-state index contributed by atoms with van der Waals surface area (Å²) in [6, 6.07) is 10.0. The van der Waals surface area contributed by atoms with E-state index in [4.69, 9.17) is 0 Å². The van der Waals surface area contributed by atoms with E-state index < -0.39 is 0 Å². The van der Waals surface area contributed by atoms with Crippen LogP contribution >= 0.6 is 0 Å². The average molecular weight is 271 g/mol. The lowest BCUT2D eigenvalue weighted by Gasteiger charge is -2.45. The molecule has 3 nitrogen and oxygen atoms in total. The molecule has 0 saturated heterocycles. The smallest absolute Gasteiger partial charge is 0.101 e. The SMILES string of the molecule is CC1CCCC(CNc2ccccc2C#N)(N(C)C)C1. The van der Waals surface area contributed by atoms with Crippen LogP contribution in [0.25, 0.3) is 0 Å². The normalized spacial score (nSPS) is 26.2. The van der Waals surface area contributed by atoms with Crippen LogP contribution in [0.2, 0.25) is 0 Å². The highest BCUT2D eigenvalue weighted by molar-refractivity contribution is 5.57. The number of nitrogens with zero attached hydrogens (tertiary/aromatic N) is 2. The molecule has 0 bridgehead atoms. The zero-order valence-corrected chi connectivity index (χ0v) is 12.8. The van der Waals surface area contributed by atoms with E-state index in [1.165, 1.54) is 25.7 Å². The summed E-state index contributed by atoms with van der Waals surface area (Å²) in [4.78, 5) is 2.37. The van der Waals surface area contributed by atoms with Gasteiger partial charge in [-0.3, -0.25) is 0 Å². The van der Waals surface area contributed by atoms with Gasteiger partial charge in [0.15, 0.2) is 0 Å². The Morgan fingerprint density at radius 1 is 1.40 bits per heavy atom. The lowest BCUT2D eigenvalue weighted by Crippen LogP contribution is -2.52. The van der Waals surface area contributed by atoms with Crippen molar-refractivity contribution in [3.05, 3.63) is 29.8 Å². The number of hydrogen-bond acceptors (Lipinski definition) is 3. The molecule has 0 radical (unpaired) electrons. The van der Waals surface area contributed by atoms with Gasteiger partial charge in [-0.25, -0.2) is 0 Å². The number of likely N-dealkylation sites (N-methyl/N-ethyl adjacent to an activating group) is 1. The molecule has 1 aromatic rings. The Kier molecular flexibility index (Phi) is 4.67. The third kappa shape index (κ3) is 3.13. The molecular weight excluding hydrogens is 246 g/mol. The van der Waals surface area contributed by atoms with E-state index in [-0.39, 0.29) is 5.54 Å². The van der Waals surface area contributed by atoms with Crippen LogP contribution in [0.4, 0.5) is 5.69 Å². The quantitative estimate of drug-likeness (QED) is 0.911. The molecule has 1 aliphatic rings. The van der Waals surface area contributed by atoms with Crippen molar-refractivity contribution in [3.8, 4) is 6.07 Å². The fraction of sp³-hybridized carbons (Fsp3) is 0.588. The summed E-state index contributed by atoms with van der Waals surface area (Å²) in [5.41, 5.74) is 1.89. The second kappa shape index (κ2) is 6.28. The van der Waals surface area contributed by atoms with Crippen LogP contribution in [0.15, 0.2) is 24.3 Å². The second-order valence-corrected chi connectivity index (χ2v) is 6.33. The molecule has 0 heterocycles. The van der Waals surface area contributed by atoms with Crippen LogP contribution in [-0.4, -0.2) is 31.1 Å². The molecule has 108 valence electrons. The molecule has 1 fully saturated rings. The predicted molar refractivity (Wildman–Crippen MR) is 83.7 cm³/mol. The van der Waals surface area contributed by atoms with Crippen molar-refractivity contribution in [1.82, 2.24) is 4.90 Å². The fourth-order valence-corrected chi connectivity index (χ4v) is 3.35. The number of anilines is 1. The van der Waals surface area contributed by atoms with E-state index in [0.717, 1.165) is 23.7 Å². The molecule has 3 heteroatoms. The zero-order chi connectivity index (χ0) is 14.6. The standard InChI is InChI=1S/C17H25N3/c1-14-7-6-10-17(11-14,20(2)3)13-19-16-9-5-4-8-15(16)12-18/h4-5,8-9,14,19H,6-7,10-11,13H2,1-3H3. The first-order chi connectivity index (χ1) is 9.57. The maximum Gasteiger partial charge on any atom is 0.101 e. The highest BCUT2D eigenvalue weighted by Crippen LogP contribution is 2.36. The van der Waals surface area contributed by atoms with Crippen molar-refractivity contribution in [1.29, 1.82) is 5.26 Å². The van der Waals surface area contributed by atoms with Crippen LogP contribution in [0, 0.1) is 17.2 Å². The summed E-state index contributed by atoms with van der Waals surface area (Å²) in [6.07, 6.45) is 5.08.